The van der Waals surface area contributed by atoms with Gasteiger partial charge in [0.2, 0.25) is 0 Å². The van der Waals surface area contributed by atoms with Gasteiger partial charge in [-0.3, -0.25) is 14.4 Å². The van der Waals surface area contributed by atoms with Gasteiger partial charge < -0.3 is 11.1 Å². The Hall–Kier alpha value is -1.47. The van der Waals surface area contributed by atoms with Gasteiger partial charge in [-0.2, -0.15) is 0 Å². The zero-order valence-corrected chi connectivity index (χ0v) is 11.0. The van der Waals surface area contributed by atoms with Crippen LogP contribution in [0.15, 0.2) is 6.20 Å². The lowest BCUT2D eigenvalue weighted by molar-refractivity contribution is 0.0924. The molecule has 0 radical (unpaired) electrons. The average molecular weight is 264 g/mol. The minimum Gasteiger partial charge on any atom is -0.346 e. The molecule has 3 heterocycles. The van der Waals surface area contributed by atoms with Crippen LogP contribution in [-0.2, 0) is 6.54 Å². The molecule has 104 valence electrons. The van der Waals surface area contributed by atoms with E-state index >= 15 is 0 Å². The molecule has 19 heavy (non-hydrogen) atoms. The van der Waals surface area contributed by atoms with Crippen molar-refractivity contribution in [3.8, 4) is 0 Å². The van der Waals surface area contributed by atoms with Crippen molar-refractivity contribution in [2.45, 2.75) is 37.9 Å². The number of nitrogens with one attached hydrogen (secondary N) is 1. The van der Waals surface area contributed by atoms with Gasteiger partial charge in [0.15, 0.2) is 5.69 Å². The number of carbonyl (C=O) groups excluding carboxylic acids is 1. The summed E-state index contributed by atoms with van der Waals surface area (Å²) in [7, 11) is 0. The minimum absolute atomic E-state index is 0.123. The molecule has 0 saturated carbocycles. The first-order valence-electron chi connectivity index (χ1n) is 6.93. The van der Waals surface area contributed by atoms with E-state index in [0.717, 1.165) is 13.0 Å². The van der Waals surface area contributed by atoms with Gasteiger partial charge in [-0.25, -0.2) is 0 Å². The third kappa shape index (κ3) is 2.48. The Morgan fingerprint density at radius 2 is 2.37 bits per heavy atom. The summed E-state index contributed by atoms with van der Waals surface area (Å²) in [5.41, 5.74) is 5.82. The van der Waals surface area contributed by atoms with E-state index in [9.17, 15) is 4.79 Å². The van der Waals surface area contributed by atoms with Gasteiger partial charge >= 0.3 is 0 Å². The van der Waals surface area contributed by atoms with Crippen LogP contribution < -0.4 is 11.1 Å². The largest absolute Gasteiger partial charge is 0.346 e. The van der Waals surface area contributed by atoms with Crippen molar-refractivity contribution in [1.29, 1.82) is 0 Å². The highest BCUT2D eigenvalue weighted by Gasteiger charge is 2.38. The molecule has 2 atom stereocenters. The number of rotatable bonds is 4. The Bertz CT molecular complexity index is 459. The first-order chi connectivity index (χ1) is 9.28. The topological polar surface area (TPSA) is 89.1 Å². The van der Waals surface area contributed by atoms with Crippen molar-refractivity contribution in [3.05, 3.63) is 11.9 Å². The van der Waals surface area contributed by atoms with E-state index in [-0.39, 0.29) is 11.9 Å². The second-order valence-corrected chi connectivity index (χ2v) is 5.27. The molecule has 1 amide bonds. The maximum atomic E-state index is 12.1. The Morgan fingerprint density at radius 3 is 3.21 bits per heavy atom. The van der Waals surface area contributed by atoms with Gasteiger partial charge in [-0.1, -0.05) is 5.21 Å². The summed E-state index contributed by atoms with van der Waals surface area (Å²) in [6.45, 7) is 3.34. The summed E-state index contributed by atoms with van der Waals surface area (Å²) in [5.74, 6) is -0.123. The summed E-state index contributed by atoms with van der Waals surface area (Å²) in [6, 6.07) is 0.776. The van der Waals surface area contributed by atoms with E-state index in [4.69, 9.17) is 5.73 Å². The molecule has 2 saturated heterocycles. The first-order valence-corrected chi connectivity index (χ1v) is 6.93. The van der Waals surface area contributed by atoms with E-state index < -0.39 is 0 Å². The summed E-state index contributed by atoms with van der Waals surface area (Å²) in [6.07, 6.45) is 5.12. The van der Waals surface area contributed by atoms with E-state index in [0.29, 0.717) is 24.8 Å². The molecule has 0 aromatic carbocycles. The lowest BCUT2D eigenvalue weighted by Gasteiger charge is -2.20. The molecule has 1 aromatic heterocycles. The van der Waals surface area contributed by atoms with Crippen molar-refractivity contribution >= 4 is 5.91 Å². The van der Waals surface area contributed by atoms with Crippen molar-refractivity contribution in [3.63, 3.8) is 0 Å². The lowest BCUT2D eigenvalue weighted by atomic mass is 10.1. The molecule has 0 bridgehead atoms. The van der Waals surface area contributed by atoms with Gasteiger partial charge in [0, 0.05) is 25.2 Å². The van der Waals surface area contributed by atoms with Crippen LogP contribution in [-0.4, -0.2) is 57.5 Å². The molecule has 2 aliphatic heterocycles. The van der Waals surface area contributed by atoms with Gasteiger partial charge in [0.25, 0.3) is 5.91 Å². The Morgan fingerprint density at radius 1 is 1.47 bits per heavy atom. The highest BCUT2D eigenvalue weighted by Crippen LogP contribution is 2.27. The normalized spacial score (nSPS) is 26.6. The number of amides is 1. The van der Waals surface area contributed by atoms with Crippen LogP contribution in [0, 0.1) is 0 Å². The van der Waals surface area contributed by atoms with Crippen LogP contribution in [0.5, 0.6) is 0 Å². The Kier molecular flexibility index (Phi) is 3.48. The van der Waals surface area contributed by atoms with Crippen molar-refractivity contribution < 1.29 is 4.79 Å². The zero-order valence-electron chi connectivity index (χ0n) is 11.0. The van der Waals surface area contributed by atoms with Gasteiger partial charge in [0.1, 0.15) is 0 Å². The highest BCUT2D eigenvalue weighted by molar-refractivity contribution is 5.92. The number of nitrogens with zero attached hydrogens (tertiary/aromatic N) is 4. The molecule has 0 spiro atoms. The fourth-order valence-corrected chi connectivity index (χ4v) is 3.14. The Balaban J connectivity index is 1.61. The summed E-state index contributed by atoms with van der Waals surface area (Å²) < 4.78 is 1.60. The fraction of sp³-hybridized carbons (Fsp3) is 0.750. The molecule has 7 heteroatoms. The predicted molar refractivity (Wildman–Crippen MR) is 69.5 cm³/mol. The molecule has 3 N–H and O–H groups in total. The standard InChI is InChI=1S/C12H20N6O/c13-4-7-18-8-10(15-16-18)12(19)14-9-3-6-17-5-1-2-11(9)17/h8-9,11H,1-7,13H2,(H,14,19). The third-order valence-electron chi connectivity index (χ3n) is 4.05. The summed E-state index contributed by atoms with van der Waals surface area (Å²) in [5, 5.41) is 10.9. The van der Waals surface area contributed by atoms with Gasteiger partial charge in [0.05, 0.1) is 12.7 Å². The SMILES string of the molecule is NCCn1cc(C(=O)NC2CCN3CCCC23)nn1. The number of hydrogen-bond donors (Lipinski definition) is 2. The molecule has 2 fully saturated rings. The second-order valence-electron chi connectivity index (χ2n) is 5.27. The molecule has 0 aliphatic carbocycles. The lowest BCUT2D eigenvalue weighted by Crippen LogP contribution is -2.42. The maximum absolute atomic E-state index is 12.1. The van der Waals surface area contributed by atoms with Crippen LogP contribution in [0.3, 0.4) is 0 Å². The second kappa shape index (κ2) is 5.26. The molecule has 2 aliphatic rings. The fourth-order valence-electron chi connectivity index (χ4n) is 3.14. The quantitative estimate of drug-likeness (QED) is 0.743. The predicted octanol–water partition coefficient (Wildman–Crippen LogP) is -0.797. The van der Waals surface area contributed by atoms with Crippen molar-refractivity contribution in [2.75, 3.05) is 19.6 Å². The third-order valence-corrected chi connectivity index (χ3v) is 4.05. The molecular weight excluding hydrogens is 244 g/mol. The van der Waals surface area contributed by atoms with Gasteiger partial charge in [-0.15, -0.1) is 5.10 Å². The number of aromatic nitrogens is 3. The number of carbonyl (C=O) groups is 1. The van der Waals surface area contributed by atoms with Crippen LogP contribution >= 0.6 is 0 Å². The first kappa shape index (κ1) is 12.6. The number of fused-ring (bicyclic) bond motifs is 1. The molecule has 1 aromatic rings. The minimum atomic E-state index is -0.123. The molecule has 7 nitrogen and oxygen atoms in total. The van der Waals surface area contributed by atoms with Gasteiger partial charge in [-0.05, 0) is 25.8 Å². The molecular formula is C12H20N6O. The monoisotopic (exact) mass is 264 g/mol. The number of nitrogens with two attached hydrogens (primary N) is 1. The van der Waals surface area contributed by atoms with E-state index in [1.807, 2.05) is 0 Å². The van der Waals surface area contributed by atoms with Crippen LogP contribution in [0.25, 0.3) is 0 Å². The Labute approximate surface area is 112 Å². The van der Waals surface area contributed by atoms with Crippen molar-refractivity contribution in [2.24, 2.45) is 5.73 Å². The summed E-state index contributed by atoms with van der Waals surface area (Å²) >= 11 is 0. The van der Waals surface area contributed by atoms with E-state index in [2.05, 4.69) is 20.5 Å². The maximum Gasteiger partial charge on any atom is 0.273 e. The van der Waals surface area contributed by atoms with Crippen molar-refractivity contribution in [1.82, 2.24) is 25.2 Å². The molecule has 2 unspecified atom stereocenters. The molecule has 3 rings (SSSR count). The zero-order chi connectivity index (χ0) is 13.2. The highest BCUT2D eigenvalue weighted by atomic mass is 16.2. The summed E-state index contributed by atoms with van der Waals surface area (Å²) in [4.78, 5) is 14.6. The van der Waals surface area contributed by atoms with E-state index in [1.165, 1.54) is 19.4 Å². The van der Waals surface area contributed by atoms with E-state index in [1.54, 1.807) is 10.9 Å². The van der Waals surface area contributed by atoms with Crippen LogP contribution in [0.1, 0.15) is 29.8 Å². The van der Waals surface area contributed by atoms with Crippen LogP contribution in [0.2, 0.25) is 0 Å². The number of hydrogen-bond acceptors (Lipinski definition) is 5. The average Bonchev–Trinajstić information content (AvgIpc) is 3.07. The van der Waals surface area contributed by atoms with Crippen LogP contribution in [0.4, 0.5) is 0 Å². The smallest absolute Gasteiger partial charge is 0.273 e.